The molecule has 256 valence electrons. The van der Waals surface area contributed by atoms with Gasteiger partial charge in [0, 0.05) is 6.42 Å². The van der Waals surface area contributed by atoms with Gasteiger partial charge in [-0.05, 0) is 112 Å². The van der Waals surface area contributed by atoms with Gasteiger partial charge in [-0.3, -0.25) is 4.79 Å². The number of hydrogen-bond donors (Lipinski definition) is 0. The molecule has 0 N–H and O–H groups in total. The fraction of sp³-hybridized carbons (Fsp3) is 0.512. The van der Waals surface area contributed by atoms with Crippen molar-refractivity contribution in [1.29, 1.82) is 0 Å². The molecule has 0 unspecified atom stereocenters. The van der Waals surface area contributed by atoms with Crippen molar-refractivity contribution in [2.45, 2.75) is 123 Å². The molecule has 3 aromatic carbocycles. The van der Waals surface area contributed by atoms with E-state index in [-0.39, 0.29) is 12.1 Å². The zero-order chi connectivity index (χ0) is 33.5. The van der Waals surface area contributed by atoms with Crippen LogP contribution < -0.4 is 14.2 Å². The first-order valence-electron chi connectivity index (χ1n) is 18.0. The van der Waals surface area contributed by atoms with Crippen LogP contribution in [0.15, 0.2) is 72.8 Å². The van der Waals surface area contributed by atoms with Gasteiger partial charge in [0.05, 0.1) is 24.9 Å². The van der Waals surface area contributed by atoms with E-state index in [0.717, 1.165) is 67.6 Å². The summed E-state index contributed by atoms with van der Waals surface area (Å²) >= 11 is 0. The van der Waals surface area contributed by atoms with Crippen molar-refractivity contribution in [3.05, 3.63) is 78.4 Å². The Kier molecular flexibility index (Phi) is 18.2. The van der Waals surface area contributed by atoms with E-state index in [1.165, 1.54) is 44.9 Å². The Labute approximate surface area is 283 Å². The molecular formula is C41H56O6. The molecule has 6 nitrogen and oxygen atoms in total. The molecule has 0 spiro atoms. The fourth-order valence-electron chi connectivity index (χ4n) is 5.32. The van der Waals surface area contributed by atoms with Gasteiger partial charge in [0.2, 0.25) is 0 Å². The van der Waals surface area contributed by atoms with Crippen molar-refractivity contribution < 1.29 is 28.5 Å². The summed E-state index contributed by atoms with van der Waals surface area (Å²) in [4.78, 5) is 24.5. The van der Waals surface area contributed by atoms with Crippen LogP contribution in [-0.4, -0.2) is 31.3 Å². The Morgan fingerprint density at radius 2 is 1.11 bits per heavy atom. The lowest BCUT2D eigenvalue weighted by molar-refractivity contribution is -0.143. The zero-order valence-corrected chi connectivity index (χ0v) is 29.0. The minimum absolute atomic E-state index is 0.0613. The van der Waals surface area contributed by atoms with Crippen LogP contribution in [0.2, 0.25) is 0 Å². The topological polar surface area (TPSA) is 71.1 Å². The van der Waals surface area contributed by atoms with Crippen molar-refractivity contribution in [2.75, 3.05) is 13.2 Å². The van der Waals surface area contributed by atoms with E-state index in [1.807, 2.05) is 60.7 Å². The van der Waals surface area contributed by atoms with Crippen LogP contribution in [0.5, 0.6) is 17.2 Å². The first-order chi connectivity index (χ1) is 23.0. The van der Waals surface area contributed by atoms with E-state index in [9.17, 15) is 9.59 Å². The standard InChI is InChI=1S/C41H56O6/c1-4-6-8-10-14-18-40(42)45-32-16-12-11-15-31-44-37-25-19-34(20-26-37)35-21-27-39(28-22-35)47-41(43)36-23-29-38(30-24-36)46-33(3)17-13-9-7-5-2/h19-30,33H,4-18,31-32H2,1-3H3/t33-/m0/s1. The molecule has 6 heteroatoms. The van der Waals surface area contributed by atoms with Crippen LogP contribution in [-0.2, 0) is 9.53 Å². The Hall–Kier alpha value is -3.80. The van der Waals surface area contributed by atoms with E-state index < -0.39 is 5.97 Å². The maximum atomic E-state index is 12.7. The summed E-state index contributed by atoms with van der Waals surface area (Å²) in [6.07, 6.45) is 16.3. The fourth-order valence-corrected chi connectivity index (χ4v) is 5.32. The van der Waals surface area contributed by atoms with Gasteiger partial charge in [0.15, 0.2) is 0 Å². The van der Waals surface area contributed by atoms with E-state index >= 15 is 0 Å². The van der Waals surface area contributed by atoms with Crippen LogP contribution >= 0.6 is 0 Å². The lowest BCUT2D eigenvalue weighted by atomic mass is 10.1. The summed E-state index contributed by atoms with van der Waals surface area (Å²) in [6.45, 7) is 7.67. The third-order valence-electron chi connectivity index (χ3n) is 8.20. The molecule has 1 atom stereocenters. The summed E-state index contributed by atoms with van der Waals surface area (Å²) in [6, 6.07) is 22.7. The molecule has 0 aliphatic heterocycles. The predicted molar refractivity (Wildman–Crippen MR) is 190 cm³/mol. The minimum atomic E-state index is -0.398. The molecule has 47 heavy (non-hydrogen) atoms. The number of hydrogen-bond acceptors (Lipinski definition) is 6. The van der Waals surface area contributed by atoms with E-state index in [4.69, 9.17) is 18.9 Å². The molecule has 0 saturated heterocycles. The highest BCUT2D eigenvalue weighted by molar-refractivity contribution is 5.91. The molecule has 0 bridgehead atoms. The number of rotatable bonds is 24. The Balaban J connectivity index is 1.30. The molecule has 0 heterocycles. The molecule has 0 radical (unpaired) electrons. The molecule has 0 saturated carbocycles. The SMILES string of the molecule is CCCCCCCC(=O)OCCCCCCOc1ccc(-c2ccc(OC(=O)c3ccc(O[C@@H](C)CCCCCC)cc3)cc2)cc1. The molecule has 0 fully saturated rings. The Bertz CT molecular complexity index is 1270. The molecule has 3 aromatic rings. The second-order valence-electron chi connectivity index (χ2n) is 12.4. The highest BCUT2D eigenvalue weighted by Crippen LogP contribution is 2.26. The average Bonchev–Trinajstić information content (AvgIpc) is 3.09. The van der Waals surface area contributed by atoms with Crippen LogP contribution in [0, 0.1) is 0 Å². The van der Waals surface area contributed by atoms with Gasteiger partial charge in [-0.25, -0.2) is 4.79 Å². The number of carbonyl (C=O) groups is 2. The second kappa shape index (κ2) is 22.7. The Morgan fingerprint density at radius 1 is 0.574 bits per heavy atom. The van der Waals surface area contributed by atoms with Crippen molar-refractivity contribution in [3.63, 3.8) is 0 Å². The smallest absolute Gasteiger partial charge is 0.343 e. The van der Waals surface area contributed by atoms with Crippen LogP contribution in [0.1, 0.15) is 127 Å². The third kappa shape index (κ3) is 15.6. The van der Waals surface area contributed by atoms with E-state index in [2.05, 4.69) is 20.8 Å². The van der Waals surface area contributed by atoms with Gasteiger partial charge in [-0.1, -0.05) is 83.1 Å². The van der Waals surface area contributed by atoms with Crippen LogP contribution in [0.4, 0.5) is 0 Å². The maximum absolute atomic E-state index is 12.7. The average molecular weight is 645 g/mol. The largest absolute Gasteiger partial charge is 0.494 e. The van der Waals surface area contributed by atoms with Gasteiger partial charge in [-0.2, -0.15) is 0 Å². The first-order valence-corrected chi connectivity index (χ1v) is 18.0. The monoisotopic (exact) mass is 644 g/mol. The normalized spacial score (nSPS) is 11.6. The lowest BCUT2D eigenvalue weighted by Gasteiger charge is -2.14. The van der Waals surface area contributed by atoms with Gasteiger partial charge in [-0.15, -0.1) is 0 Å². The molecule has 3 rings (SSSR count). The van der Waals surface area contributed by atoms with E-state index in [1.54, 1.807) is 12.1 Å². The van der Waals surface area contributed by atoms with Gasteiger partial charge in [0.25, 0.3) is 0 Å². The van der Waals surface area contributed by atoms with Gasteiger partial charge in [0.1, 0.15) is 17.2 Å². The molecule has 0 aliphatic carbocycles. The summed E-state index contributed by atoms with van der Waals surface area (Å²) in [5.74, 6) is 1.64. The Morgan fingerprint density at radius 3 is 1.74 bits per heavy atom. The predicted octanol–water partition coefficient (Wildman–Crippen LogP) is 11.2. The third-order valence-corrected chi connectivity index (χ3v) is 8.20. The van der Waals surface area contributed by atoms with Gasteiger partial charge < -0.3 is 18.9 Å². The second-order valence-corrected chi connectivity index (χ2v) is 12.4. The molecular weight excluding hydrogens is 588 g/mol. The molecule has 0 aromatic heterocycles. The number of benzene rings is 3. The quantitative estimate of drug-likeness (QED) is 0.0549. The van der Waals surface area contributed by atoms with Crippen LogP contribution in [0.25, 0.3) is 11.1 Å². The van der Waals surface area contributed by atoms with Crippen molar-refractivity contribution in [1.82, 2.24) is 0 Å². The number of carbonyl (C=O) groups excluding carboxylic acids is 2. The first kappa shape index (κ1) is 37.7. The van der Waals surface area contributed by atoms with Crippen molar-refractivity contribution >= 4 is 11.9 Å². The molecule has 0 amide bonds. The number of ether oxygens (including phenoxy) is 4. The number of unbranched alkanes of at least 4 members (excludes halogenated alkanes) is 10. The molecule has 0 aliphatic rings. The van der Waals surface area contributed by atoms with Crippen molar-refractivity contribution in [2.24, 2.45) is 0 Å². The summed E-state index contributed by atoms with van der Waals surface area (Å²) in [7, 11) is 0. The summed E-state index contributed by atoms with van der Waals surface area (Å²) in [5.41, 5.74) is 2.57. The van der Waals surface area contributed by atoms with E-state index in [0.29, 0.717) is 30.9 Å². The summed E-state index contributed by atoms with van der Waals surface area (Å²) in [5, 5.41) is 0. The highest BCUT2D eigenvalue weighted by atomic mass is 16.5. The van der Waals surface area contributed by atoms with Crippen LogP contribution in [0.3, 0.4) is 0 Å². The highest BCUT2D eigenvalue weighted by Gasteiger charge is 2.11. The van der Waals surface area contributed by atoms with Gasteiger partial charge >= 0.3 is 11.9 Å². The lowest BCUT2D eigenvalue weighted by Crippen LogP contribution is -2.12. The minimum Gasteiger partial charge on any atom is -0.494 e. The maximum Gasteiger partial charge on any atom is 0.343 e. The van der Waals surface area contributed by atoms with Crippen molar-refractivity contribution in [3.8, 4) is 28.4 Å². The number of esters is 2. The zero-order valence-electron chi connectivity index (χ0n) is 29.0. The summed E-state index contributed by atoms with van der Waals surface area (Å²) < 4.78 is 22.9.